The Morgan fingerprint density at radius 1 is 1.75 bits per heavy atom. The molecule has 0 aromatic carbocycles. The van der Waals surface area contributed by atoms with Gasteiger partial charge in [0.15, 0.2) is 0 Å². The van der Waals surface area contributed by atoms with Gasteiger partial charge in [-0.3, -0.25) is 4.79 Å². The van der Waals surface area contributed by atoms with E-state index in [1.165, 1.54) is 0 Å². The molecular formula is C7H10O. The van der Waals surface area contributed by atoms with Crippen LogP contribution in [-0.2, 0) is 4.79 Å². The van der Waals surface area contributed by atoms with E-state index in [0.29, 0.717) is 19.3 Å². The summed E-state index contributed by atoms with van der Waals surface area (Å²) in [6, 6.07) is 0. The van der Waals surface area contributed by atoms with Gasteiger partial charge in [-0.05, 0) is 0 Å². The molecule has 0 N–H and O–H groups in total. The first-order valence-corrected chi connectivity index (χ1v) is 2.76. The summed E-state index contributed by atoms with van der Waals surface area (Å²) in [5, 5.41) is 0. The third-order valence-corrected chi connectivity index (χ3v) is 0.943. The predicted octanol–water partition coefficient (Wildman–Crippen LogP) is 1.38. The van der Waals surface area contributed by atoms with Crippen LogP contribution in [0, 0.1) is 12.3 Å². The lowest BCUT2D eigenvalue weighted by Crippen LogP contribution is -1.92. The molecule has 0 bridgehead atoms. The Hall–Kier alpha value is -0.770. The highest BCUT2D eigenvalue weighted by atomic mass is 16.1. The molecule has 0 aromatic heterocycles. The highest BCUT2D eigenvalue weighted by Crippen LogP contribution is 1.91. The Labute approximate surface area is 50.1 Å². The van der Waals surface area contributed by atoms with Gasteiger partial charge in [0.2, 0.25) is 0 Å². The van der Waals surface area contributed by atoms with Crippen LogP contribution >= 0.6 is 0 Å². The topological polar surface area (TPSA) is 17.1 Å². The number of terminal acetylenes is 1. The van der Waals surface area contributed by atoms with Gasteiger partial charge in [0.1, 0.15) is 5.78 Å². The zero-order chi connectivity index (χ0) is 6.41. The van der Waals surface area contributed by atoms with Gasteiger partial charge < -0.3 is 0 Å². The van der Waals surface area contributed by atoms with Crippen LogP contribution < -0.4 is 0 Å². The van der Waals surface area contributed by atoms with Crippen molar-refractivity contribution < 1.29 is 4.79 Å². The minimum Gasteiger partial charge on any atom is -0.300 e. The quantitative estimate of drug-likeness (QED) is 0.501. The average Bonchev–Trinajstić information content (AvgIpc) is 1.83. The summed E-state index contributed by atoms with van der Waals surface area (Å²) in [4.78, 5) is 10.5. The SMILES string of the molecule is C#CCCC(=O)CC. The van der Waals surface area contributed by atoms with E-state index in [1.54, 1.807) is 0 Å². The number of carbonyl (C=O) groups is 1. The maximum atomic E-state index is 10.5. The summed E-state index contributed by atoms with van der Waals surface area (Å²) >= 11 is 0. The first-order valence-electron chi connectivity index (χ1n) is 2.76. The molecule has 0 atom stereocenters. The van der Waals surface area contributed by atoms with Crippen LogP contribution in [-0.4, -0.2) is 5.78 Å². The van der Waals surface area contributed by atoms with Crippen LogP contribution in [0.1, 0.15) is 26.2 Å². The molecule has 0 rings (SSSR count). The number of hydrogen-bond donors (Lipinski definition) is 0. The van der Waals surface area contributed by atoms with Gasteiger partial charge in [-0.25, -0.2) is 0 Å². The Bertz CT molecular complexity index is 108. The maximum Gasteiger partial charge on any atom is 0.133 e. The molecule has 0 spiro atoms. The smallest absolute Gasteiger partial charge is 0.133 e. The highest BCUT2D eigenvalue weighted by Gasteiger charge is 1.92. The summed E-state index contributed by atoms with van der Waals surface area (Å²) in [5.41, 5.74) is 0. The molecule has 0 aromatic rings. The Morgan fingerprint density at radius 2 is 2.38 bits per heavy atom. The molecule has 44 valence electrons. The van der Waals surface area contributed by atoms with Gasteiger partial charge in [0.05, 0.1) is 0 Å². The van der Waals surface area contributed by atoms with E-state index in [9.17, 15) is 4.79 Å². The second-order valence-electron chi connectivity index (χ2n) is 1.60. The summed E-state index contributed by atoms with van der Waals surface area (Å²) in [6.45, 7) is 1.85. The van der Waals surface area contributed by atoms with Crippen LogP contribution in [0.2, 0.25) is 0 Å². The summed E-state index contributed by atoms with van der Waals surface area (Å²) in [6.07, 6.45) is 6.68. The normalized spacial score (nSPS) is 8.00. The fraction of sp³-hybridized carbons (Fsp3) is 0.571. The Morgan fingerprint density at radius 3 is 2.75 bits per heavy atom. The van der Waals surface area contributed by atoms with Crippen molar-refractivity contribution in [3.8, 4) is 12.3 Å². The van der Waals surface area contributed by atoms with Crippen molar-refractivity contribution in [2.45, 2.75) is 26.2 Å². The van der Waals surface area contributed by atoms with Gasteiger partial charge in [-0.2, -0.15) is 0 Å². The number of Topliss-reactive ketones (excluding diaryl/α,β-unsaturated/α-hetero) is 1. The van der Waals surface area contributed by atoms with E-state index in [-0.39, 0.29) is 5.78 Å². The standard InChI is InChI=1S/C7H10O/c1-3-5-6-7(8)4-2/h1H,4-6H2,2H3. The molecule has 0 aliphatic heterocycles. The van der Waals surface area contributed by atoms with Gasteiger partial charge in [0.25, 0.3) is 0 Å². The van der Waals surface area contributed by atoms with E-state index in [2.05, 4.69) is 5.92 Å². The lowest BCUT2D eigenvalue weighted by Gasteiger charge is -1.87. The van der Waals surface area contributed by atoms with Crippen molar-refractivity contribution in [1.82, 2.24) is 0 Å². The van der Waals surface area contributed by atoms with Gasteiger partial charge >= 0.3 is 0 Å². The zero-order valence-corrected chi connectivity index (χ0v) is 5.11. The van der Waals surface area contributed by atoms with Crippen LogP contribution in [0.25, 0.3) is 0 Å². The number of rotatable bonds is 3. The molecular weight excluding hydrogens is 100 g/mol. The molecule has 0 heterocycles. The Kier molecular flexibility index (Phi) is 3.97. The third kappa shape index (κ3) is 3.42. The van der Waals surface area contributed by atoms with Crippen molar-refractivity contribution in [2.24, 2.45) is 0 Å². The van der Waals surface area contributed by atoms with E-state index in [4.69, 9.17) is 6.42 Å². The van der Waals surface area contributed by atoms with Crippen LogP contribution in [0.15, 0.2) is 0 Å². The molecule has 0 saturated carbocycles. The van der Waals surface area contributed by atoms with Crippen molar-refractivity contribution in [3.63, 3.8) is 0 Å². The second kappa shape index (κ2) is 4.39. The summed E-state index contributed by atoms with van der Waals surface area (Å²) in [5.74, 6) is 2.66. The second-order valence-corrected chi connectivity index (χ2v) is 1.60. The van der Waals surface area contributed by atoms with Crippen LogP contribution in [0.5, 0.6) is 0 Å². The molecule has 1 heteroatoms. The number of hydrogen-bond acceptors (Lipinski definition) is 1. The van der Waals surface area contributed by atoms with E-state index in [0.717, 1.165) is 0 Å². The maximum absolute atomic E-state index is 10.5. The first-order chi connectivity index (χ1) is 3.81. The number of carbonyl (C=O) groups excluding carboxylic acids is 1. The molecule has 0 unspecified atom stereocenters. The molecule has 0 aliphatic carbocycles. The van der Waals surface area contributed by atoms with Crippen molar-refractivity contribution in [1.29, 1.82) is 0 Å². The van der Waals surface area contributed by atoms with Crippen molar-refractivity contribution >= 4 is 5.78 Å². The molecule has 1 nitrogen and oxygen atoms in total. The van der Waals surface area contributed by atoms with Crippen molar-refractivity contribution in [3.05, 3.63) is 0 Å². The molecule has 0 saturated heterocycles. The van der Waals surface area contributed by atoms with Crippen LogP contribution in [0.3, 0.4) is 0 Å². The largest absolute Gasteiger partial charge is 0.300 e. The molecule has 0 aliphatic rings. The zero-order valence-electron chi connectivity index (χ0n) is 5.11. The fourth-order valence-electron chi connectivity index (χ4n) is 0.388. The molecule has 0 fully saturated rings. The average molecular weight is 110 g/mol. The lowest BCUT2D eigenvalue weighted by molar-refractivity contribution is -0.118. The molecule has 0 amide bonds. The fourth-order valence-corrected chi connectivity index (χ4v) is 0.388. The highest BCUT2D eigenvalue weighted by molar-refractivity contribution is 5.78. The van der Waals surface area contributed by atoms with E-state index < -0.39 is 0 Å². The Balaban J connectivity index is 3.15. The van der Waals surface area contributed by atoms with Gasteiger partial charge in [-0.15, -0.1) is 12.3 Å². The molecule has 0 radical (unpaired) electrons. The predicted molar refractivity (Wildman–Crippen MR) is 33.4 cm³/mol. The van der Waals surface area contributed by atoms with Gasteiger partial charge in [0, 0.05) is 19.3 Å². The summed E-state index contributed by atoms with van der Waals surface area (Å²) in [7, 11) is 0. The monoisotopic (exact) mass is 110 g/mol. The van der Waals surface area contributed by atoms with Gasteiger partial charge in [-0.1, -0.05) is 6.92 Å². The third-order valence-electron chi connectivity index (χ3n) is 0.943. The van der Waals surface area contributed by atoms with E-state index in [1.807, 2.05) is 6.92 Å². The van der Waals surface area contributed by atoms with E-state index >= 15 is 0 Å². The number of ketones is 1. The first kappa shape index (κ1) is 7.23. The van der Waals surface area contributed by atoms with Crippen LogP contribution in [0.4, 0.5) is 0 Å². The molecule has 8 heavy (non-hydrogen) atoms. The van der Waals surface area contributed by atoms with Crippen molar-refractivity contribution in [2.75, 3.05) is 0 Å². The minimum absolute atomic E-state index is 0.253. The lowest BCUT2D eigenvalue weighted by atomic mass is 10.2. The minimum atomic E-state index is 0.253. The summed E-state index contributed by atoms with van der Waals surface area (Å²) < 4.78 is 0.